The fourth-order valence-corrected chi connectivity index (χ4v) is 3.47. The second-order valence-corrected chi connectivity index (χ2v) is 7.44. The van der Waals surface area contributed by atoms with Crippen LogP contribution in [-0.4, -0.2) is 37.0 Å². The summed E-state index contributed by atoms with van der Waals surface area (Å²) in [5, 5.41) is 3.40. The van der Waals surface area contributed by atoms with Gasteiger partial charge < -0.3 is 10.2 Å². The largest absolute Gasteiger partial charge is 0.343 e. The molecule has 0 aliphatic carbocycles. The SMILES string of the molecule is CC(C)(C)C1CCN(C(=O)CC2CCCNC2)CC1. The Kier molecular flexibility index (Phi) is 4.88. The van der Waals surface area contributed by atoms with Gasteiger partial charge in [-0.05, 0) is 56.0 Å². The minimum atomic E-state index is 0.390. The lowest BCUT2D eigenvalue weighted by Gasteiger charge is -2.39. The molecule has 2 saturated heterocycles. The average molecular weight is 266 g/mol. The summed E-state index contributed by atoms with van der Waals surface area (Å²) in [6.07, 6.45) is 5.56. The van der Waals surface area contributed by atoms with Crippen LogP contribution in [0, 0.1) is 17.3 Å². The number of nitrogens with one attached hydrogen (secondary N) is 1. The molecule has 0 aromatic rings. The Labute approximate surface area is 118 Å². The van der Waals surface area contributed by atoms with Crippen LogP contribution in [0.3, 0.4) is 0 Å². The van der Waals surface area contributed by atoms with E-state index in [4.69, 9.17) is 0 Å². The van der Waals surface area contributed by atoms with Crippen LogP contribution in [0.25, 0.3) is 0 Å². The van der Waals surface area contributed by atoms with Crippen LogP contribution in [-0.2, 0) is 4.79 Å². The number of carbonyl (C=O) groups is 1. The van der Waals surface area contributed by atoms with Crippen molar-refractivity contribution in [2.45, 2.75) is 52.9 Å². The first-order valence-electron chi connectivity index (χ1n) is 7.95. The van der Waals surface area contributed by atoms with Crippen LogP contribution in [0.1, 0.15) is 52.9 Å². The number of likely N-dealkylation sites (tertiary alicyclic amines) is 1. The van der Waals surface area contributed by atoms with E-state index in [0.29, 0.717) is 17.2 Å². The van der Waals surface area contributed by atoms with Crippen molar-refractivity contribution in [1.29, 1.82) is 0 Å². The third kappa shape index (κ3) is 4.20. The molecule has 110 valence electrons. The van der Waals surface area contributed by atoms with Crippen LogP contribution in [0.4, 0.5) is 0 Å². The predicted molar refractivity (Wildman–Crippen MR) is 79.0 cm³/mol. The summed E-state index contributed by atoms with van der Waals surface area (Å²) in [5.74, 6) is 1.73. The smallest absolute Gasteiger partial charge is 0.222 e. The Morgan fingerprint density at radius 3 is 2.42 bits per heavy atom. The first-order valence-corrected chi connectivity index (χ1v) is 7.95. The van der Waals surface area contributed by atoms with Gasteiger partial charge in [0.05, 0.1) is 0 Å². The zero-order chi connectivity index (χ0) is 13.9. The minimum Gasteiger partial charge on any atom is -0.343 e. The van der Waals surface area contributed by atoms with E-state index in [9.17, 15) is 4.79 Å². The molecule has 3 nitrogen and oxygen atoms in total. The zero-order valence-corrected chi connectivity index (χ0v) is 12.9. The molecule has 1 unspecified atom stereocenters. The number of nitrogens with zero attached hydrogens (tertiary/aromatic N) is 1. The maximum absolute atomic E-state index is 12.3. The van der Waals surface area contributed by atoms with Crippen molar-refractivity contribution in [2.24, 2.45) is 17.3 Å². The van der Waals surface area contributed by atoms with E-state index in [2.05, 4.69) is 31.0 Å². The molecule has 2 heterocycles. The van der Waals surface area contributed by atoms with Crippen LogP contribution in [0.5, 0.6) is 0 Å². The first-order chi connectivity index (χ1) is 8.97. The summed E-state index contributed by atoms with van der Waals surface area (Å²) in [5.41, 5.74) is 0.391. The fourth-order valence-electron chi connectivity index (χ4n) is 3.47. The average Bonchev–Trinajstić information content (AvgIpc) is 2.39. The molecule has 0 bridgehead atoms. The molecule has 0 aromatic carbocycles. The van der Waals surface area contributed by atoms with Gasteiger partial charge in [0, 0.05) is 19.5 Å². The number of amides is 1. The Hall–Kier alpha value is -0.570. The van der Waals surface area contributed by atoms with Gasteiger partial charge >= 0.3 is 0 Å². The number of hydrogen-bond donors (Lipinski definition) is 1. The number of rotatable bonds is 2. The molecule has 2 aliphatic rings. The standard InChI is InChI=1S/C16H30N2O/c1-16(2,3)14-6-9-18(10-7-14)15(19)11-13-5-4-8-17-12-13/h13-14,17H,4-12H2,1-3H3. The van der Waals surface area contributed by atoms with Gasteiger partial charge in [0.2, 0.25) is 5.91 Å². The van der Waals surface area contributed by atoms with Gasteiger partial charge in [-0.2, -0.15) is 0 Å². The van der Waals surface area contributed by atoms with Gasteiger partial charge in [0.15, 0.2) is 0 Å². The van der Waals surface area contributed by atoms with E-state index in [-0.39, 0.29) is 0 Å². The topological polar surface area (TPSA) is 32.3 Å². The molecule has 1 amide bonds. The molecular formula is C16H30N2O. The predicted octanol–water partition coefficient (Wildman–Crippen LogP) is 2.66. The molecule has 2 fully saturated rings. The van der Waals surface area contributed by atoms with Crippen molar-refractivity contribution in [3.05, 3.63) is 0 Å². The Balaban J connectivity index is 1.76. The third-order valence-corrected chi connectivity index (χ3v) is 4.93. The summed E-state index contributed by atoms with van der Waals surface area (Å²) < 4.78 is 0. The van der Waals surface area contributed by atoms with Crippen LogP contribution in [0.15, 0.2) is 0 Å². The van der Waals surface area contributed by atoms with E-state index in [0.717, 1.165) is 38.5 Å². The lowest BCUT2D eigenvalue weighted by molar-refractivity contribution is -0.134. The maximum Gasteiger partial charge on any atom is 0.222 e. The normalized spacial score (nSPS) is 26.5. The van der Waals surface area contributed by atoms with Crippen molar-refractivity contribution in [1.82, 2.24) is 10.2 Å². The molecule has 0 aromatic heterocycles. The molecule has 0 radical (unpaired) electrons. The molecule has 0 spiro atoms. The molecular weight excluding hydrogens is 236 g/mol. The van der Waals surface area contributed by atoms with Gasteiger partial charge in [0.1, 0.15) is 0 Å². The minimum absolute atomic E-state index is 0.390. The second kappa shape index (κ2) is 6.25. The number of hydrogen-bond acceptors (Lipinski definition) is 2. The van der Waals surface area contributed by atoms with Crippen LogP contribution >= 0.6 is 0 Å². The summed E-state index contributed by atoms with van der Waals surface area (Å²) in [6.45, 7) is 11.1. The highest BCUT2D eigenvalue weighted by Crippen LogP contribution is 2.34. The van der Waals surface area contributed by atoms with Crippen molar-refractivity contribution < 1.29 is 4.79 Å². The van der Waals surface area contributed by atoms with Crippen molar-refractivity contribution in [2.75, 3.05) is 26.2 Å². The number of carbonyl (C=O) groups excluding carboxylic acids is 1. The van der Waals surface area contributed by atoms with Crippen LogP contribution in [0.2, 0.25) is 0 Å². The Morgan fingerprint density at radius 1 is 1.21 bits per heavy atom. The summed E-state index contributed by atoms with van der Waals surface area (Å²) in [4.78, 5) is 14.4. The summed E-state index contributed by atoms with van der Waals surface area (Å²) in [7, 11) is 0. The third-order valence-electron chi connectivity index (χ3n) is 4.93. The zero-order valence-electron chi connectivity index (χ0n) is 12.9. The molecule has 19 heavy (non-hydrogen) atoms. The molecule has 2 aliphatic heterocycles. The maximum atomic E-state index is 12.3. The van der Waals surface area contributed by atoms with Crippen LogP contribution < -0.4 is 5.32 Å². The molecule has 1 N–H and O–H groups in total. The van der Waals surface area contributed by atoms with Gasteiger partial charge in [-0.15, -0.1) is 0 Å². The van der Waals surface area contributed by atoms with E-state index < -0.39 is 0 Å². The fraction of sp³-hybridized carbons (Fsp3) is 0.938. The number of piperidine rings is 2. The van der Waals surface area contributed by atoms with Gasteiger partial charge in [-0.25, -0.2) is 0 Å². The highest BCUT2D eigenvalue weighted by atomic mass is 16.2. The Morgan fingerprint density at radius 2 is 1.89 bits per heavy atom. The van der Waals surface area contributed by atoms with Gasteiger partial charge in [-0.1, -0.05) is 20.8 Å². The highest BCUT2D eigenvalue weighted by Gasteiger charge is 2.31. The Bertz CT molecular complexity index is 294. The van der Waals surface area contributed by atoms with Gasteiger partial charge in [0.25, 0.3) is 0 Å². The molecule has 0 saturated carbocycles. The van der Waals surface area contributed by atoms with E-state index in [1.165, 1.54) is 25.7 Å². The quantitative estimate of drug-likeness (QED) is 0.833. The molecule has 3 heteroatoms. The van der Waals surface area contributed by atoms with E-state index in [1.807, 2.05) is 0 Å². The van der Waals surface area contributed by atoms with E-state index >= 15 is 0 Å². The van der Waals surface area contributed by atoms with Crippen molar-refractivity contribution in [3.63, 3.8) is 0 Å². The summed E-state index contributed by atoms with van der Waals surface area (Å²) >= 11 is 0. The van der Waals surface area contributed by atoms with Gasteiger partial charge in [-0.3, -0.25) is 4.79 Å². The second-order valence-electron chi connectivity index (χ2n) is 7.44. The van der Waals surface area contributed by atoms with E-state index in [1.54, 1.807) is 0 Å². The monoisotopic (exact) mass is 266 g/mol. The molecule has 1 atom stereocenters. The lowest BCUT2D eigenvalue weighted by Crippen LogP contribution is -2.43. The molecule has 2 rings (SSSR count). The van der Waals surface area contributed by atoms with Crippen molar-refractivity contribution >= 4 is 5.91 Å². The highest BCUT2D eigenvalue weighted by molar-refractivity contribution is 5.76. The first kappa shape index (κ1) is 14.8. The van der Waals surface area contributed by atoms with Crippen molar-refractivity contribution in [3.8, 4) is 0 Å². The lowest BCUT2D eigenvalue weighted by atomic mass is 9.75. The summed E-state index contributed by atoms with van der Waals surface area (Å²) in [6, 6.07) is 0.